The molecule has 1 aromatic heterocycles. The number of halogens is 1. The highest BCUT2D eigenvalue weighted by Gasteiger charge is 2.18. The zero-order valence-electron chi connectivity index (χ0n) is 16.1. The van der Waals surface area contributed by atoms with Crippen molar-refractivity contribution in [2.45, 2.75) is 26.3 Å². The quantitative estimate of drug-likeness (QED) is 0.670. The summed E-state index contributed by atoms with van der Waals surface area (Å²) in [5.74, 6) is 2.09. The highest BCUT2D eigenvalue weighted by atomic mass is 19.1. The first-order valence-corrected chi connectivity index (χ1v) is 9.85. The van der Waals surface area contributed by atoms with Crippen molar-refractivity contribution in [3.05, 3.63) is 72.0 Å². The molecular formula is C23H25FN4. The Morgan fingerprint density at radius 3 is 2.43 bits per heavy atom. The fourth-order valence-electron chi connectivity index (χ4n) is 3.45. The zero-order chi connectivity index (χ0) is 19.3. The van der Waals surface area contributed by atoms with E-state index < -0.39 is 0 Å². The SMILES string of the molecule is CC1CCN(c2cc(-c3ccccc3)nc(NCc3ccc(F)cc3)n2)CC1. The van der Waals surface area contributed by atoms with Crippen LogP contribution >= 0.6 is 0 Å². The summed E-state index contributed by atoms with van der Waals surface area (Å²) in [7, 11) is 0. The van der Waals surface area contributed by atoms with E-state index in [2.05, 4.69) is 35.3 Å². The molecular weight excluding hydrogens is 351 g/mol. The number of aromatic nitrogens is 2. The molecule has 28 heavy (non-hydrogen) atoms. The van der Waals surface area contributed by atoms with E-state index >= 15 is 0 Å². The van der Waals surface area contributed by atoms with Gasteiger partial charge < -0.3 is 10.2 Å². The fraction of sp³-hybridized carbons (Fsp3) is 0.304. The van der Waals surface area contributed by atoms with Gasteiger partial charge in [-0.3, -0.25) is 0 Å². The van der Waals surface area contributed by atoms with Gasteiger partial charge in [-0.15, -0.1) is 0 Å². The highest BCUT2D eigenvalue weighted by molar-refractivity contribution is 5.64. The Bertz CT molecular complexity index is 904. The minimum atomic E-state index is -0.229. The van der Waals surface area contributed by atoms with Crippen LogP contribution < -0.4 is 10.2 Å². The minimum Gasteiger partial charge on any atom is -0.356 e. The van der Waals surface area contributed by atoms with Crippen molar-refractivity contribution in [3.63, 3.8) is 0 Å². The van der Waals surface area contributed by atoms with Crippen LogP contribution in [0.3, 0.4) is 0 Å². The predicted molar refractivity (Wildman–Crippen MR) is 112 cm³/mol. The standard InChI is InChI=1S/C23H25FN4/c1-17-11-13-28(14-12-17)22-15-21(19-5-3-2-4-6-19)26-23(27-22)25-16-18-7-9-20(24)10-8-18/h2-10,15,17H,11-14,16H2,1H3,(H,25,26,27). The minimum absolute atomic E-state index is 0.229. The number of hydrogen-bond donors (Lipinski definition) is 1. The summed E-state index contributed by atoms with van der Waals surface area (Å²) in [6, 6.07) is 18.7. The largest absolute Gasteiger partial charge is 0.356 e. The highest BCUT2D eigenvalue weighted by Crippen LogP contribution is 2.27. The summed E-state index contributed by atoms with van der Waals surface area (Å²) in [5.41, 5.74) is 2.97. The predicted octanol–water partition coefficient (Wildman–Crippen LogP) is 5.13. The summed E-state index contributed by atoms with van der Waals surface area (Å²) in [4.78, 5) is 11.8. The second-order valence-corrected chi connectivity index (χ2v) is 7.45. The van der Waals surface area contributed by atoms with E-state index in [0.717, 1.165) is 41.6 Å². The molecule has 0 spiro atoms. The molecule has 0 bridgehead atoms. The Labute approximate surface area is 165 Å². The second kappa shape index (κ2) is 8.38. The maximum absolute atomic E-state index is 13.1. The number of nitrogens with one attached hydrogen (secondary N) is 1. The van der Waals surface area contributed by atoms with Gasteiger partial charge in [-0.2, -0.15) is 4.98 Å². The smallest absolute Gasteiger partial charge is 0.225 e. The number of piperidine rings is 1. The van der Waals surface area contributed by atoms with Crippen molar-refractivity contribution in [3.8, 4) is 11.3 Å². The van der Waals surface area contributed by atoms with Crippen LogP contribution in [0.2, 0.25) is 0 Å². The van der Waals surface area contributed by atoms with Gasteiger partial charge in [-0.05, 0) is 36.5 Å². The number of anilines is 2. The van der Waals surface area contributed by atoms with E-state index in [0.29, 0.717) is 12.5 Å². The van der Waals surface area contributed by atoms with Crippen LogP contribution in [0.25, 0.3) is 11.3 Å². The summed E-state index contributed by atoms with van der Waals surface area (Å²) < 4.78 is 13.1. The van der Waals surface area contributed by atoms with Gasteiger partial charge in [0.25, 0.3) is 0 Å². The molecule has 0 saturated carbocycles. The molecule has 1 N–H and O–H groups in total. The second-order valence-electron chi connectivity index (χ2n) is 7.45. The van der Waals surface area contributed by atoms with Crippen LogP contribution in [-0.4, -0.2) is 23.1 Å². The van der Waals surface area contributed by atoms with Crippen LogP contribution in [0.5, 0.6) is 0 Å². The molecule has 3 aromatic rings. The molecule has 0 amide bonds. The van der Waals surface area contributed by atoms with Gasteiger partial charge in [-0.25, -0.2) is 9.37 Å². The molecule has 5 heteroatoms. The normalized spacial score (nSPS) is 14.9. The molecule has 1 saturated heterocycles. The van der Waals surface area contributed by atoms with E-state index in [1.165, 1.54) is 25.0 Å². The Kier molecular flexibility index (Phi) is 5.51. The van der Waals surface area contributed by atoms with Gasteiger partial charge >= 0.3 is 0 Å². The third-order valence-electron chi connectivity index (χ3n) is 5.25. The number of hydrogen-bond acceptors (Lipinski definition) is 4. The van der Waals surface area contributed by atoms with Crippen LogP contribution in [-0.2, 0) is 6.54 Å². The van der Waals surface area contributed by atoms with Crippen LogP contribution in [0, 0.1) is 11.7 Å². The van der Waals surface area contributed by atoms with E-state index in [4.69, 9.17) is 9.97 Å². The number of benzene rings is 2. The molecule has 0 unspecified atom stereocenters. The van der Waals surface area contributed by atoms with E-state index in [-0.39, 0.29) is 5.82 Å². The molecule has 0 atom stereocenters. The number of nitrogens with zero attached hydrogens (tertiary/aromatic N) is 3. The first-order valence-electron chi connectivity index (χ1n) is 9.85. The zero-order valence-corrected chi connectivity index (χ0v) is 16.1. The Morgan fingerprint density at radius 2 is 1.71 bits per heavy atom. The molecule has 2 heterocycles. The maximum Gasteiger partial charge on any atom is 0.225 e. The van der Waals surface area contributed by atoms with E-state index in [1.54, 1.807) is 12.1 Å². The molecule has 4 rings (SSSR count). The summed E-state index contributed by atoms with van der Waals surface area (Å²) >= 11 is 0. The summed E-state index contributed by atoms with van der Waals surface area (Å²) in [5, 5.41) is 3.31. The van der Waals surface area contributed by atoms with E-state index in [1.807, 2.05) is 18.2 Å². The van der Waals surface area contributed by atoms with Crippen molar-refractivity contribution < 1.29 is 4.39 Å². The van der Waals surface area contributed by atoms with Crippen molar-refractivity contribution in [1.29, 1.82) is 0 Å². The molecule has 2 aromatic carbocycles. The van der Waals surface area contributed by atoms with Gasteiger partial charge in [0.2, 0.25) is 5.95 Å². The average molecular weight is 376 g/mol. The van der Waals surface area contributed by atoms with Crippen LogP contribution in [0.1, 0.15) is 25.3 Å². The molecule has 0 radical (unpaired) electrons. The Balaban J connectivity index is 1.60. The third-order valence-corrected chi connectivity index (χ3v) is 5.25. The molecule has 4 nitrogen and oxygen atoms in total. The fourth-order valence-corrected chi connectivity index (χ4v) is 3.45. The monoisotopic (exact) mass is 376 g/mol. The van der Waals surface area contributed by atoms with Crippen molar-refractivity contribution in [2.75, 3.05) is 23.3 Å². The lowest BCUT2D eigenvalue weighted by atomic mass is 9.99. The lowest BCUT2D eigenvalue weighted by Gasteiger charge is -2.31. The molecule has 144 valence electrons. The first kappa shape index (κ1) is 18.4. The van der Waals surface area contributed by atoms with Gasteiger partial charge in [-0.1, -0.05) is 49.4 Å². The van der Waals surface area contributed by atoms with Crippen LogP contribution in [0.15, 0.2) is 60.7 Å². The lowest BCUT2D eigenvalue weighted by Crippen LogP contribution is -2.33. The average Bonchev–Trinajstić information content (AvgIpc) is 2.74. The molecule has 1 aliphatic heterocycles. The van der Waals surface area contributed by atoms with Crippen molar-refractivity contribution >= 4 is 11.8 Å². The summed E-state index contributed by atoms with van der Waals surface area (Å²) in [6.45, 7) is 4.89. The maximum atomic E-state index is 13.1. The Morgan fingerprint density at radius 1 is 1.00 bits per heavy atom. The van der Waals surface area contributed by atoms with Gasteiger partial charge in [0.1, 0.15) is 11.6 Å². The molecule has 1 fully saturated rings. The van der Waals surface area contributed by atoms with Gasteiger partial charge in [0.15, 0.2) is 0 Å². The van der Waals surface area contributed by atoms with Crippen molar-refractivity contribution in [1.82, 2.24) is 9.97 Å². The molecule has 0 aliphatic carbocycles. The van der Waals surface area contributed by atoms with Gasteiger partial charge in [0.05, 0.1) is 5.69 Å². The topological polar surface area (TPSA) is 41.1 Å². The van der Waals surface area contributed by atoms with Crippen LogP contribution in [0.4, 0.5) is 16.2 Å². The third kappa shape index (κ3) is 4.47. The number of rotatable bonds is 5. The molecule has 1 aliphatic rings. The van der Waals surface area contributed by atoms with Gasteiger partial charge in [0, 0.05) is 31.3 Å². The van der Waals surface area contributed by atoms with E-state index in [9.17, 15) is 4.39 Å². The lowest BCUT2D eigenvalue weighted by molar-refractivity contribution is 0.436. The first-order chi connectivity index (χ1) is 13.7. The summed E-state index contributed by atoms with van der Waals surface area (Å²) in [6.07, 6.45) is 2.37. The Hall–Kier alpha value is -2.95. The van der Waals surface area contributed by atoms with Crippen molar-refractivity contribution in [2.24, 2.45) is 5.92 Å².